The van der Waals surface area contributed by atoms with E-state index in [0.717, 1.165) is 0 Å². The lowest BCUT2D eigenvalue weighted by molar-refractivity contribution is -0.142. The zero-order valence-electron chi connectivity index (χ0n) is 11.1. The Hall–Kier alpha value is -2.37. The number of amides is 2. The van der Waals surface area contributed by atoms with Crippen molar-refractivity contribution in [3.8, 4) is 0 Å². The monoisotopic (exact) mass is 276 g/mol. The maximum atomic E-state index is 12.2. The Kier molecular flexibility index (Phi) is 4.02. The summed E-state index contributed by atoms with van der Waals surface area (Å²) < 4.78 is 0. The SMILES string of the molecule is CC1C(=O)NCCN1C(=O)Cc1cccc(C(=O)O)c1. The molecule has 1 aliphatic heterocycles. The first-order valence-corrected chi connectivity index (χ1v) is 6.38. The highest BCUT2D eigenvalue weighted by atomic mass is 16.4. The van der Waals surface area contributed by atoms with Crippen molar-refractivity contribution in [2.45, 2.75) is 19.4 Å². The van der Waals surface area contributed by atoms with Crippen LogP contribution in [0, 0.1) is 0 Å². The summed E-state index contributed by atoms with van der Waals surface area (Å²) in [6.07, 6.45) is 0.0960. The lowest BCUT2D eigenvalue weighted by atomic mass is 10.1. The van der Waals surface area contributed by atoms with Crippen LogP contribution in [0.1, 0.15) is 22.8 Å². The molecule has 20 heavy (non-hydrogen) atoms. The molecule has 1 aliphatic rings. The average Bonchev–Trinajstić information content (AvgIpc) is 2.42. The van der Waals surface area contributed by atoms with E-state index in [1.165, 1.54) is 17.0 Å². The molecule has 106 valence electrons. The van der Waals surface area contributed by atoms with Crippen LogP contribution in [-0.4, -0.2) is 46.9 Å². The molecule has 0 radical (unpaired) electrons. The van der Waals surface area contributed by atoms with Gasteiger partial charge in [0.2, 0.25) is 11.8 Å². The lowest BCUT2D eigenvalue weighted by Gasteiger charge is -2.32. The molecule has 1 saturated heterocycles. The van der Waals surface area contributed by atoms with Crippen LogP contribution >= 0.6 is 0 Å². The van der Waals surface area contributed by atoms with Gasteiger partial charge in [-0.2, -0.15) is 0 Å². The molecule has 1 heterocycles. The van der Waals surface area contributed by atoms with Crippen molar-refractivity contribution in [2.24, 2.45) is 0 Å². The number of carbonyl (C=O) groups is 3. The van der Waals surface area contributed by atoms with Gasteiger partial charge in [0.15, 0.2) is 0 Å². The highest BCUT2D eigenvalue weighted by molar-refractivity contribution is 5.90. The smallest absolute Gasteiger partial charge is 0.335 e. The van der Waals surface area contributed by atoms with E-state index in [2.05, 4.69) is 5.32 Å². The summed E-state index contributed by atoms with van der Waals surface area (Å²) in [5.74, 6) is -1.36. The largest absolute Gasteiger partial charge is 0.478 e. The molecule has 1 atom stereocenters. The molecule has 1 fully saturated rings. The van der Waals surface area contributed by atoms with E-state index < -0.39 is 12.0 Å². The van der Waals surface area contributed by atoms with Crippen molar-refractivity contribution in [2.75, 3.05) is 13.1 Å². The van der Waals surface area contributed by atoms with Gasteiger partial charge in [-0.1, -0.05) is 12.1 Å². The van der Waals surface area contributed by atoms with Crippen molar-refractivity contribution >= 4 is 17.8 Å². The minimum atomic E-state index is -1.02. The van der Waals surface area contributed by atoms with E-state index in [4.69, 9.17) is 5.11 Å². The Morgan fingerprint density at radius 2 is 2.20 bits per heavy atom. The lowest BCUT2D eigenvalue weighted by Crippen LogP contribution is -2.56. The number of piperazine rings is 1. The second-order valence-corrected chi connectivity index (χ2v) is 4.74. The molecule has 1 aromatic carbocycles. The van der Waals surface area contributed by atoms with Crippen LogP contribution in [0.4, 0.5) is 0 Å². The molecule has 0 aliphatic carbocycles. The van der Waals surface area contributed by atoms with Crippen LogP contribution in [0.2, 0.25) is 0 Å². The Morgan fingerprint density at radius 3 is 2.90 bits per heavy atom. The van der Waals surface area contributed by atoms with Crippen LogP contribution in [0.3, 0.4) is 0 Å². The second-order valence-electron chi connectivity index (χ2n) is 4.74. The number of nitrogens with one attached hydrogen (secondary N) is 1. The Bertz CT molecular complexity index is 556. The van der Waals surface area contributed by atoms with Crippen LogP contribution in [0.25, 0.3) is 0 Å². The van der Waals surface area contributed by atoms with E-state index in [0.29, 0.717) is 18.7 Å². The Balaban J connectivity index is 2.09. The van der Waals surface area contributed by atoms with Gasteiger partial charge in [-0.25, -0.2) is 4.79 Å². The highest BCUT2D eigenvalue weighted by Gasteiger charge is 2.28. The number of rotatable bonds is 3. The van der Waals surface area contributed by atoms with Gasteiger partial charge in [0.05, 0.1) is 12.0 Å². The van der Waals surface area contributed by atoms with E-state index in [-0.39, 0.29) is 23.8 Å². The molecule has 6 nitrogen and oxygen atoms in total. The van der Waals surface area contributed by atoms with Gasteiger partial charge in [-0.3, -0.25) is 9.59 Å². The van der Waals surface area contributed by atoms with Gasteiger partial charge in [0.1, 0.15) is 6.04 Å². The summed E-state index contributed by atoms with van der Waals surface area (Å²) in [7, 11) is 0. The molecule has 2 N–H and O–H groups in total. The first-order valence-electron chi connectivity index (χ1n) is 6.38. The first-order chi connectivity index (χ1) is 9.49. The fraction of sp³-hybridized carbons (Fsp3) is 0.357. The summed E-state index contributed by atoms with van der Waals surface area (Å²) in [5, 5.41) is 11.6. The van der Waals surface area contributed by atoms with Gasteiger partial charge < -0.3 is 15.3 Å². The fourth-order valence-electron chi connectivity index (χ4n) is 2.21. The number of nitrogens with zero attached hydrogens (tertiary/aromatic N) is 1. The van der Waals surface area contributed by atoms with Crippen LogP contribution in [-0.2, 0) is 16.0 Å². The van der Waals surface area contributed by atoms with Crippen LogP contribution in [0.15, 0.2) is 24.3 Å². The van der Waals surface area contributed by atoms with Gasteiger partial charge >= 0.3 is 5.97 Å². The molecule has 1 unspecified atom stereocenters. The third kappa shape index (κ3) is 2.96. The number of hydrogen-bond acceptors (Lipinski definition) is 3. The topological polar surface area (TPSA) is 86.7 Å². The van der Waals surface area contributed by atoms with E-state index in [1.54, 1.807) is 19.1 Å². The van der Waals surface area contributed by atoms with Gasteiger partial charge in [0, 0.05) is 13.1 Å². The Morgan fingerprint density at radius 1 is 1.45 bits per heavy atom. The Labute approximate surface area is 116 Å². The molecular formula is C14H16N2O4. The zero-order valence-corrected chi connectivity index (χ0v) is 11.1. The third-order valence-electron chi connectivity index (χ3n) is 3.35. The quantitative estimate of drug-likeness (QED) is 0.830. The number of hydrogen-bond donors (Lipinski definition) is 2. The van der Waals surface area contributed by atoms with Gasteiger partial charge in [-0.05, 0) is 24.6 Å². The van der Waals surface area contributed by atoms with Crippen molar-refractivity contribution in [1.82, 2.24) is 10.2 Å². The molecule has 0 spiro atoms. The molecule has 1 aromatic rings. The molecule has 2 rings (SSSR count). The molecule has 2 amide bonds. The first kappa shape index (κ1) is 14.0. The summed E-state index contributed by atoms with van der Waals surface area (Å²) in [4.78, 5) is 36.1. The molecule has 0 saturated carbocycles. The number of benzene rings is 1. The maximum Gasteiger partial charge on any atom is 0.335 e. The summed E-state index contributed by atoms with van der Waals surface area (Å²) in [6, 6.07) is 5.79. The fourth-order valence-corrected chi connectivity index (χ4v) is 2.21. The zero-order chi connectivity index (χ0) is 14.7. The maximum absolute atomic E-state index is 12.2. The molecular weight excluding hydrogens is 260 g/mol. The number of aromatic carboxylic acids is 1. The van der Waals surface area contributed by atoms with Crippen molar-refractivity contribution < 1.29 is 19.5 Å². The number of carboxylic acids is 1. The predicted molar refractivity (Wildman–Crippen MR) is 71.3 cm³/mol. The summed E-state index contributed by atoms with van der Waals surface area (Å²) >= 11 is 0. The van der Waals surface area contributed by atoms with E-state index in [9.17, 15) is 14.4 Å². The standard InChI is InChI=1S/C14H16N2O4/c1-9-13(18)15-5-6-16(9)12(17)8-10-3-2-4-11(7-10)14(19)20/h2-4,7,9H,5-6,8H2,1H3,(H,15,18)(H,19,20). The average molecular weight is 276 g/mol. The molecule has 6 heteroatoms. The second kappa shape index (κ2) is 5.73. The summed E-state index contributed by atoms with van der Waals surface area (Å²) in [6.45, 7) is 2.61. The highest BCUT2D eigenvalue weighted by Crippen LogP contribution is 2.11. The van der Waals surface area contributed by atoms with Crippen LogP contribution in [0.5, 0.6) is 0 Å². The van der Waals surface area contributed by atoms with Gasteiger partial charge in [-0.15, -0.1) is 0 Å². The van der Waals surface area contributed by atoms with E-state index in [1.807, 2.05) is 0 Å². The predicted octanol–water partition coefficient (Wildman–Crippen LogP) is 0.274. The third-order valence-corrected chi connectivity index (χ3v) is 3.35. The van der Waals surface area contributed by atoms with Crippen molar-refractivity contribution in [3.05, 3.63) is 35.4 Å². The normalized spacial score (nSPS) is 18.6. The molecule has 0 bridgehead atoms. The van der Waals surface area contributed by atoms with Gasteiger partial charge in [0.25, 0.3) is 0 Å². The van der Waals surface area contributed by atoms with Crippen molar-refractivity contribution in [3.63, 3.8) is 0 Å². The summed E-state index contributed by atoms with van der Waals surface area (Å²) in [5.41, 5.74) is 0.785. The minimum Gasteiger partial charge on any atom is -0.478 e. The number of carbonyl (C=O) groups excluding carboxylic acids is 2. The minimum absolute atomic E-state index is 0.0960. The van der Waals surface area contributed by atoms with E-state index >= 15 is 0 Å². The number of carboxylic acid groups (broad SMARTS) is 1. The molecule has 0 aromatic heterocycles. The van der Waals surface area contributed by atoms with Crippen molar-refractivity contribution in [1.29, 1.82) is 0 Å². The van der Waals surface area contributed by atoms with Crippen LogP contribution < -0.4 is 5.32 Å².